The van der Waals surface area contributed by atoms with Crippen LogP contribution in [0.25, 0.3) is 0 Å². The molecule has 0 saturated heterocycles. The van der Waals surface area contributed by atoms with E-state index in [1.54, 1.807) is 12.1 Å². The van der Waals surface area contributed by atoms with Crippen molar-refractivity contribution in [2.45, 2.75) is 6.18 Å². The van der Waals surface area contributed by atoms with Crippen molar-refractivity contribution in [3.8, 4) is 23.3 Å². The van der Waals surface area contributed by atoms with Gasteiger partial charge in [-0.1, -0.05) is 24.0 Å². The molecule has 0 aromatic heterocycles. The zero-order chi connectivity index (χ0) is 19.2. The number of halogens is 3. The molecule has 0 atom stereocenters. The summed E-state index contributed by atoms with van der Waals surface area (Å²) in [5.41, 5.74) is -0.683. The SMILES string of the molecule is COc1ccc(C(=O)NCC#Cc2ccccc2C(F)(F)F)c(OC)c1. The normalized spacial score (nSPS) is 10.5. The molecule has 0 saturated carbocycles. The van der Waals surface area contributed by atoms with E-state index >= 15 is 0 Å². The molecular formula is C19H16F3NO3. The molecule has 0 heterocycles. The van der Waals surface area contributed by atoms with Crippen LogP contribution in [-0.4, -0.2) is 26.7 Å². The molecule has 0 fully saturated rings. The molecule has 0 radical (unpaired) electrons. The standard InChI is InChI=1S/C19H16F3NO3/c1-25-14-9-10-15(17(12-14)26-2)18(24)23-11-5-7-13-6-3-4-8-16(13)19(20,21)22/h3-4,6,8-10,12H,11H2,1-2H3,(H,23,24). The van der Waals surface area contributed by atoms with E-state index in [9.17, 15) is 18.0 Å². The van der Waals surface area contributed by atoms with Gasteiger partial charge >= 0.3 is 6.18 Å². The van der Waals surface area contributed by atoms with Crippen LogP contribution in [-0.2, 0) is 6.18 Å². The Bertz CT molecular complexity index is 851. The highest BCUT2D eigenvalue weighted by Gasteiger charge is 2.32. The number of carbonyl (C=O) groups excluding carboxylic acids is 1. The first kappa shape index (κ1) is 19.2. The molecule has 0 unspecified atom stereocenters. The van der Waals surface area contributed by atoms with Crippen LogP contribution < -0.4 is 14.8 Å². The van der Waals surface area contributed by atoms with Crippen molar-refractivity contribution >= 4 is 5.91 Å². The Hall–Kier alpha value is -3.14. The van der Waals surface area contributed by atoms with Gasteiger partial charge in [-0.2, -0.15) is 13.2 Å². The summed E-state index contributed by atoms with van der Waals surface area (Å²) in [6.45, 7) is -0.111. The molecule has 26 heavy (non-hydrogen) atoms. The third-order valence-electron chi connectivity index (χ3n) is 3.45. The molecule has 0 aliphatic heterocycles. The number of amides is 1. The van der Waals surface area contributed by atoms with E-state index < -0.39 is 17.6 Å². The highest BCUT2D eigenvalue weighted by atomic mass is 19.4. The first-order chi connectivity index (χ1) is 12.4. The molecule has 2 aromatic carbocycles. The van der Waals surface area contributed by atoms with Crippen molar-refractivity contribution < 1.29 is 27.4 Å². The van der Waals surface area contributed by atoms with Crippen molar-refractivity contribution in [2.75, 3.05) is 20.8 Å². The molecular weight excluding hydrogens is 347 g/mol. The number of hydrogen-bond donors (Lipinski definition) is 1. The van der Waals surface area contributed by atoms with Crippen LogP contribution in [0.15, 0.2) is 42.5 Å². The molecule has 0 aliphatic rings. The first-order valence-electron chi connectivity index (χ1n) is 7.52. The maximum atomic E-state index is 12.9. The molecule has 2 aromatic rings. The molecule has 1 N–H and O–H groups in total. The van der Waals surface area contributed by atoms with E-state index in [-0.39, 0.29) is 17.7 Å². The number of hydrogen-bond acceptors (Lipinski definition) is 3. The summed E-state index contributed by atoms with van der Waals surface area (Å²) in [6.07, 6.45) is -4.48. The lowest BCUT2D eigenvalue weighted by Crippen LogP contribution is -2.24. The largest absolute Gasteiger partial charge is 0.497 e. The molecule has 0 spiro atoms. The van der Waals surface area contributed by atoms with Gasteiger partial charge < -0.3 is 14.8 Å². The van der Waals surface area contributed by atoms with Gasteiger partial charge in [0.25, 0.3) is 5.91 Å². The highest BCUT2D eigenvalue weighted by molar-refractivity contribution is 5.97. The van der Waals surface area contributed by atoms with Gasteiger partial charge in [-0.25, -0.2) is 0 Å². The van der Waals surface area contributed by atoms with Crippen LogP contribution in [0.4, 0.5) is 13.2 Å². The van der Waals surface area contributed by atoms with E-state index in [1.165, 1.54) is 38.5 Å². The zero-order valence-electron chi connectivity index (χ0n) is 14.1. The molecule has 0 bridgehead atoms. The Labute approximate surface area is 148 Å². The van der Waals surface area contributed by atoms with E-state index in [4.69, 9.17) is 9.47 Å². The van der Waals surface area contributed by atoms with Gasteiger partial charge in [0, 0.05) is 11.6 Å². The maximum Gasteiger partial charge on any atom is 0.417 e. The molecule has 2 rings (SSSR count). The quantitative estimate of drug-likeness (QED) is 0.846. The van der Waals surface area contributed by atoms with Crippen molar-refractivity contribution in [3.05, 3.63) is 59.2 Å². The van der Waals surface area contributed by atoms with E-state index in [0.29, 0.717) is 11.5 Å². The minimum absolute atomic E-state index is 0.111. The number of carbonyl (C=O) groups is 1. The zero-order valence-corrected chi connectivity index (χ0v) is 14.1. The smallest absolute Gasteiger partial charge is 0.417 e. The third kappa shape index (κ3) is 4.70. The number of alkyl halides is 3. The van der Waals surface area contributed by atoms with Crippen molar-refractivity contribution in [1.29, 1.82) is 0 Å². The molecule has 136 valence electrons. The summed E-state index contributed by atoms with van der Waals surface area (Å²) in [7, 11) is 2.91. The molecule has 1 amide bonds. The fourth-order valence-electron chi connectivity index (χ4n) is 2.18. The van der Waals surface area contributed by atoms with Crippen molar-refractivity contribution in [1.82, 2.24) is 5.32 Å². The number of ether oxygens (including phenoxy) is 2. The average molecular weight is 363 g/mol. The van der Waals surface area contributed by atoms with Gasteiger partial charge in [0.15, 0.2) is 0 Å². The second-order valence-corrected chi connectivity index (χ2v) is 5.09. The predicted molar refractivity (Wildman–Crippen MR) is 90.2 cm³/mol. The summed E-state index contributed by atoms with van der Waals surface area (Å²) in [4.78, 5) is 12.2. The van der Waals surface area contributed by atoms with Gasteiger partial charge in [-0.05, 0) is 24.3 Å². The predicted octanol–water partition coefficient (Wildman–Crippen LogP) is 3.50. The van der Waals surface area contributed by atoms with Crippen LogP contribution in [0, 0.1) is 11.8 Å². The Balaban J connectivity index is 2.08. The topological polar surface area (TPSA) is 47.6 Å². The third-order valence-corrected chi connectivity index (χ3v) is 3.45. The van der Waals surface area contributed by atoms with E-state index in [1.807, 2.05) is 0 Å². The Kier molecular flexibility index (Phi) is 6.12. The Morgan fingerprint density at radius 2 is 1.85 bits per heavy atom. The fourth-order valence-corrected chi connectivity index (χ4v) is 2.18. The van der Waals surface area contributed by atoms with Crippen LogP contribution in [0.3, 0.4) is 0 Å². The fraction of sp³-hybridized carbons (Fsp3) is 0.211. The maximum absolute atomic E-state index is 12.9. The Morgan fingerprint density at radius 3 is 2.50 bits per heavy atom. The summed E-state index contributed by atoms with van der Waals surface area (Å²) in [5.74, 6) is 5.36. The van der Waals surface area contributed by atoms with E-state index in [2.05, 4.69) is 17.2 Å². The number of benzene rings is 2. The summed E-state index contributed by atoms with van der Waals surface area (Å²) in [5, 5.41) is 2.52. The number of methoxy groups -OCH3 is 2. The first-order valence-corrected chi connectivity index (χ1v) is 7.52. The molecule has 4 nitrogen and oxygen atoms in total. The van der Waals surface area contributed by atoms with Crippen LogP contribution in [0.5, 0.6) is 11.5 Å². The van der Waals surface area contributed by atoms with Gasteiger partial charge in [0.1, 0.15) is 11.5 Å². The number of nitrogens with one attached hydrogen (secondary N) is 1. The van der Waals surface area contributed by atoms with Crippen LogP contribution in [0.1, 0.15) is 21.5 Å². The minimum Gasteiger partial charge on any atom is -0.497 e. The van der Waals surface area contributed by atoms with Crippen molar-refractivity contribution in [3.63, 3.8) is 0 Å². The van der Waals surface area contributed by atoms with Crippen LogP contribution >= 0.6 is 0 Å². The number of rotatable bonds is 4. The van der Waals surface area contributed by atoms with Gasteiger partial charge in [-0.15, -0.1) is 0 Å². The Morgan fingerprint density at radius 1 is 1.12 bits per heavy atom. The lowest BCUT2D eigenvalue weighted by molar-refractivity contribution is -0.137. The minimum atomic E-state index is -4.48. The monoisotopic (exact) mass is 363 g/mol. The molecule has 7 heteroatoms. The second kappa shape index (κ2) is 8.30. The van der Waals surface area contributed by atoms with Crippen LogP contribution in [0.2, 0.25) is 0 Å². The summed E-state index contributed by atoms with van der Waals surface area (Å²) >= 11 is 0. The summed E-state index contributed by atoms with van der Waals surface area (Å²) in [6, 6.07) is 9.70. The van der Waals surface area contributed by atoms with Crippen molar-refractivity contribution in [2.24, 2.45) is 0 Å². The lowest BCUT2D eigenvalue weighted by Gasteiger charge is -2.09. The summed E-state index contributed by atoms with van der Waals surface area (Å²) < 4.78 is 48.9. The molecule has 0 aliphatic carbocycles. The van der Waals surface area contributed by atoms with Gasteiger partial charge in [-0.3, -0.25) is 4.79 Å². The highest BCUT2D eigenvalue weighted by Crippen LogP contribution is 2.31. The average Bonchev–Trinajstić information content (AvgIpc) is 2.64. The lowest BCUT2D eigenvalue weighted by atomic mass is 10.1. The second-order valence-electron chi connectivity index (χ2n) is 5.09. The van der Waals surface area contributed by atoms with E-state index in [0.717, 1.165) is 6.07 Å². The van der Waals surface area contributed by atoms with Gasteiger partial charge in [0.2, 0.25) is 0 Å². The van der Waals surface area contributed by atoms with Gasteiger partial charge in [0.05, 0.1) is 31.9 Å².